The second kappa shape index (κ2) is 6.90. The van der Waals surface area contributed by atoms with Crippen molar-refractivity contribution in [1.29, 1.82) is 0 Å². The Bertz CT molecular complexity index is 1080. The third-order valence-corrected chi connectivity index (χ3v) is 5.39. The molecule has 28 heavy (non-hydrogen) atoms. The van der Waals surface area contributed by atoms with Crippen LogP contribution in [0, 0.1) is 0 Å². The van der Waals surface area contributed by atoms with Crippen LogP contribution in [0.2, 0.25) is 0 Å². The van der Waals surface area contributed by atoms with Crippen molar-refractivity contribution in [3.8, 4) is 5.95 Å². The van der Waals surface area contributed by atoms with Gasteiger partial charge < -0.3 is 0 Å². The Morgan fingerprint density at radius 1 is 1.29 bits per heavy atom. The van der Waals surface area contributed by atoms with Crippen LogP contribution in [0.3, 0.4) is 0 Å². The molecule has 0 fully saturated rings. The van der Waals surface area contributed by atoms with Crippen molar-refractivity contribution in [2.24, 2.45) is 0 Å². The molecule has 0 spiro atoms. The lowest BCUT2D eigenvalue weighted by Crippen LogP contribution is -2.23. The number of urea groups is 1. The Balaban J connectivity index is 1.72. The summed E-state index contributed by atoms with van der Waals surface area (Å²) >= 11 is 1.43. The fourth-order valence-corrected chi connectivity index (χ4v) is 3.75. The van der Waals surface area contributed by atoms with Crippen LogP contribution in [0.5, 0.6) is 0 Å². The average molecular weight is 398 g/mol. The summed E-state index contributed by atoms with van der Waals surface area (Å²) in [5.74, 6) is 0.757. The van der Waals surface area contributed by atoms with E-state index in [-0.39, 0.29) is 17.0 Å². The van der Waals surface area contributed by atoms with Crippen LogP contribution in [0.15, 0.2) is 28.4 Å². The Hall–Kier alpha value is -2.94. The van der Waals surface area contributed by atoms with Crippen LogP contribution in [-0.2, 0) is 18.3 Å². The molecule has 0 unspecified atom stereocenters. The lowest BCUT2D eigenvalue weighted by molar-refractivity contribution is 0.262. The van der Waals surface area contributed by atoms with Gasteiger partial charge in [-0.3, -0.25) is 20.4 Å². The largest absolute Gasteiger partial charge is 0.325 e. The molecule has 3 aromatic rings. The van der Waals surface area contributed by atoms with Crippen molar-refractivity contribution >= 4 is 28.2 Å². The Morgan fingerprint density at radius 3 is 2.82 bits per heavy atom. The van der Waals surface area contributed by atoms with Gasteiger partial charge in [0.2, 0.25) is 5.95 Å². The molecule has 2 amide bonds. The molecule has 0 aromatic carbocycles. The number of H-pyrrole nitrogens is 1. The third-order valence-electron chi connectivity index (χ3n) is 4.61. The average Bonchev–Trinajstić information content (AvgIpc) is 3.33. The fraction of sp³-hybridized carbons (Fsp3) is 0.368. The highest BCUT2D eigenvalue weighted by molar-refractivity contribution is 7.14. The number of thiophene rings is 1. The molecule has 0 atom stereocenters. The quantitative estimate of drug-likeness (QED) is 0.628. The second-order valence-corrected chi connectivity index (χ2v) is 8.75. The summed E-state index contributed by atoms with van der Waals surface area (Å²) in [6.07, 6.45) is 2.45. The van der Waals surface area contributed by atoms with Crippen molar-refractivity contribution < 1.29 is 4.79 Å². The molecule has 3 heterocycles. The van der Waals surface area contributed by atoms with Crippen LogP contribution >= 0.6 is 11.3 Å². The van der Waals surface area contributed by atoms with Crippen LogP contribution < -0.4 is 16.2 Å². The summed E-state index contributed by atoms with van der Waals surface area (Å²) < 4.78 is 1.49. The van der Waals surface area contributed by atoms with Crippen LogP contribution in [0.4, 0.5) is 15.6 Å². The first-order valence-corrected chi connectivity index (χ1v) is 10.0. The van der Waals surface area contributed by atoms with Crippen molar-refractivity contribution in [2.45, 2.75) is 45.4 Å². The summed E-state index contributed by atoms with van der Waals surface area (Å²) in [5, 5.41) is 12.8. The third kappa shape index (κ3) is 3.57. The second-order valence-electron chi connectivity index (χ2n) is 7.80. The number of carbonyl (C=O) groups is 1. The molecule has 0 radical (unpaired) electrons. The number of hydrogen-bond acceptors (Lipinski definition) is 5. The summed E-state index contributed by atoms with van der Waals surface area (Å²) in [5.41, 5.74) is 1.96. The number of amides is 2. The van der Waals surface area contributed by atoms with Gasteiger partial charge in [-0.25, -0.2) is 9.78 Å². The summed E-state index contributed by atoms with van der Waals surface area (Å²) in [7, 11) is 0. The summed E-state index contributed by atoms with van der Waals surface area (Å²) in [6, 6.07) is 5.11. The van der Waals surface area contributed by atoms with Gasteiger partial charge in [-0.05, 0) is 36.8 Å². The Labute approximate surface area is 166 Å². The van der Waals surface area contributed by atoms with E-state index in [1.807, 2.05) is 38.3 Å². The number of rotatable bonds is 3. The van der Waals surface area contributed by atoms with E-state index in [0.29, 0.717) is 11.8 Å². The maximum absolute atomic E-state index is 12.4. The summed E-state index contributed by atoms with van der Waals surface area (Å²) in [6.45, 7) is 6.11. The van der Waals surface area contributed by atoms with Gasteiger partial charge in [0.25, 0.3) is 5.56 Å². The minimum absolute atomic E-state index is 0.140. The number of nitrogens with zero attached hydrogens (tertiary/aromatic N) is 3. The molecule has 0 saturated carbocycles. The predicted molar refractivity (Wildman–Crippen MR) is 110 cm³/mol. The Morgan fingerprint density at radius 2 is 2.11 bits per heavy atom. The fourth-order valence-electron chi connectivity index (χ4n) is 3.14. The van der Waals surface area contributed by atoms with E-state index in [0.717, 1.165) is 41.2 Å². The number of fused-ring (bicyclic) bond motifs is 1. The van der Waals surface area contributed by atoms with E-state index in [1.165, 1.54) is 16.0 Å². The van der Waals surface area contributed by atoms with Crippen molar-refractivity contribution in [3.05, 3.63) is 50.9 Å². The minimum Gasteiger partial charge on any atom is -0.299 e. The minimum atomic E-state index is -0.382. The van der Waals surface area contributed by atoms with Crippen LogP contribution in [0.1, 0.15) is 44.1 Å². The first kappa shape index (κ1) is 18.4. The molecule has 0 aliphatic heterocycles. The molecule has 1 aliphatic carbocycles. The number of hydrogen-bond donors (Lipinski definition) is 3. The predicted octanol–water partition coefficient (Wildman–Crippen LogP) is 3.45. The molecule has 8 nitrogen and oxygen atoms in total. The zero-order chi connectivity index (χ0) is 19.9. The van der Waals surface area contributed by atoms with Gasteiger partial charge in [-0.2, -0.15) is 9.78 Å². The van der Waals surface area contributed by atoms with E-state index in [9.17, 15) is 9.59 Å². The van der Waals surface area contributed by atoms with E-state index >= 15 is 0 Å². The van der Waals surface area contributed by atoms with E-state index in [2.05, 4.69) is 25.7 Å². The van der Waals surface area contributed by atoms with E-state index in [1.54, 1.807) is 6.07 Å². The number of aromatic amines is 1. The standard InChI is InChI=1S/C19H22N6O2S/c1-19(2,3)13-10-14(21-18(27)22-15-8-5-9-28-15)25(24-13)17-20-12-7-4-6-11(12)16(26)23-17/h5,8-10H,4,6-7H2,1-3H3,(H,20,23,26)(H2,21,22,27). The van der Waals surface area contributed by atoms with Gasteiger partial charge in [0, 0.05) is 17.0 Å². The molecule has 4 rings (SSSR count). The smallest absolute Gasteiger partial charge is 0.299 e. The lowest BCUT2D eigenvalue weighted by Gasteiger charge is -2.14. The van der Waals surface area contributed by atoms with Gasteiger partial charge >= 0.3 is 6.03 Å². The molecule has 146 valence electrons. The SMILES string of the molecule is CC(C)(C)c1cc(NC(=O)Nc2cccs2)n(-c2nc3c(c(=O)[nH]2)CCC3)n1. The maximum Gasteiger partial charge on any atom is 0.325 e. The number of nitrogens with one attached hydrogen (secondary N) is 3. The van der Waals surface area contributed by atoms with Crippen LogP contribution in [0.25, 0.3) is 5.95 Å². The van der Waals surface area contributed by atoms with Crippen molar-refractivity contribution in [2.75, 3.05) is 10.6 Å². The molecular formula is C19H22N6O2S. The van der Waals surface area contributed by atoms with Gasteiger partial charge in [-0.1, -0.05) is 20.8 Å². The normalized spacial score (nSPS) is 13.4. The highest BCUT2D eigenvalue weighted by Crippen LogP contribution is 2.26. The monoisotopic (exact) mass is 398 g/mol. The van der Waals surface area contributed by atoms with Gasteiger partial charge in [0.1, 0.15) is 5.82 Å². The van der Waals surface area contributed by atoms with Gasteiger partial charge in [0.15, 0.2) is 0 Å². The zero-order valence-corrected chi connectivity index (χ0v) is 16.8. The maximum atomic E-state index is 12.4. The van der Waals surface area contributed by atoms with Crippen molar-refractivity contribution in [3.63, 3.8) is 0 Å². The van der Waals surface area contributed by atoms with Gasteiger partial charge in [0.05, 0.1) is 16.4 Å². The molecule has 0 saturated heterocycles. The first-order chi connectivity index (χ1) is 13.3. The van der Waals surface area contributed by atoms with E-state index < -0.39 is 0 Å². The highest BCUT2D eigenvalue weighted by Gasteiger charge is 2.24. The zero-order valence-electron chi connectivity index (χ0n) is 16.0. The molecule has 9 heteroatoms. The molecule has 3 N–H and O–H groups in total. The number of aromatic nitrogens is 4. The topological polar surface area (TPSA) is 105 Å². The molecule has 3 aromatic heterocycles. The molecule has 0 bridgehead atoms. The molecule has 1 aliphatic rings. The Kier molecular flexibility index (Phi) is 4.54. The number of anilines is 2. The van der Waals surface area contributed by atoms with Gasteiger partial charge in [-0.15, -0.1) is 11.3 Å². The highest BCUT2D eigenvalue weighted by atomic mass is 32.1. The van der Waals surface area contributed by atoms with Crippen LogP contribution in [-0.4, -0.2) is 25.8 Å². The first-order valence-electron chi connectivity index (χ1n) is 9.16. The van der Waals surface area contributed by atoms with E-state index in [4.69, 9.17) is 0 Å². The van der Waals surface area contributed by atoms with Crippen molar-refractivity contribution in [1.82, 2.24) is 19.7 Å². The lowest BCUT2D eigenvalue weighted by atomic mass is 9.92. The summed E-state index contributed by atoms with van der Waals surface area (Å²) in [4.78, 5) is 32.3. The number of carbonyl (C=O) groups excluding carboxylic acids is 1. The molecular weight excluding hydrogens is 376 g/mol. The number of aryl methyl sites for hydroxylation is 1.